The van der Waals surface area contributed by atoms with E-state index >= 15 is 0 Å². The van der Waals surface area contributed by atoms with Crippen LogP contribution >= 0.6 is 0 Å². The van der Waals surface area contributed by atoms with E-state index in [4.69, 9.17) is 0 Å². The van der Waals surface area contributed by atoms with Gasteiger partial charge in [0.15, 0.2) is 0 Å². The molecule has 1 aromatic carbocycles. The molecule has 3 rings (SSSR count). The minimum Gasteiger partial charge on any atom is -0.394 e. The van der Waals surface area contributed by atoms with E-state index in [1.165, 1.54) is 36.0 Å². The minimum atomic E-state index is -0.175. The standard InChI is InChI=1S/C24H37N3O2/c1-4-14-25-24(29)27-21(15-26-17(2)3)23(22(27)16-28)20-12-10-19(11-13-20)18-8-6-5-7-9-18/h8,10-13,17,21-23,26,28H,4-7,9,14-16H2,1-3H3,(H,25,29)/t21-,22+,23+/m0/s1. The molecule has 3 atom stereocenters. The number of nitrogens with one attached hydrogen (secondary N) is 2. The fourth-order valence-electron chi connectivity index (χ4n) is 4.62. The first-order chi connectivity index (χ1) is 14.1. The molecular formula is C24H37N3O2. The molecule has 2 amide bonds. The fourth-order valence-corrected chi connectivity index (χ4v) is 4.62. The normalized spacial score (nSPS) is 24.2. The van der Waals surface area contributed by atoms with Crippen molar-refractivity contribution in [3.63, 3.8) is 0 Å². The van der Waals surface area contributed by atoms with Gasteiger partial charge in [0.05, 0.1) is 18.7 Å². The zero-order chi connectivity index (χ0) is 20.8. The summed E-state index contributed by atoms with van der Waals surface area (Å²) in [6.45, 7) is 7.65. The number of benzene rings is 1. The molecule has 29 heavy (non-hydrogen) atoms. The van der Waals surface area contributed by atoms with Crippen molar-refractivity contribution in [3.8, 4) is 0 Å². The summed E-state index contributed by atoms with van der Waals surface area (Å²) in [5, 5.41) is 16.5. The molecule has 0 saturated carbocycles. The number of hydrogen-bond donors (Lipinski definition) is 3. The lowest BCUT2D eigenvalue weighted by atomic mass is 9.75. The zero-order valence-electron chi connectivity index (χ0n) is 18.2. The number of nitrogens with zero attached hydrogens (tertiary/aromatic N) is 1. The van der Waals surface area contributed by atoms with Crippen molar-refractivity contribution in [1.82, 2.24) is 15.5 Å². The highest BCUT2D eigenvalue weighted by Gasteiger charge is 2.50. The van der Waals surface area contributed by atoms with Crippen LogP contribution in [0.25, 0.3) is 5.57 Å². The molecule has 0 spiro atoms. The van der Waals surface area contributed by atoms with E-state index in [9.17, 15) is 9.90 Å². The third kappa shape index (κ3) is 5.01. The summed E-state index contributed by atoms with van der Waals surface area (Å²) in [6, 6.07) is 8.98. The Morgan fingerprint density at radius 2 is 1.97 bits per heavy atom. The highest BCUT2D eigenvalue weighted by atomic mass is 16.3. The van der Waals surface area contributed by atoms with E-state index < -0.39 is 0 Å². The number of aliphatic hydroxyl groups excluding tert-OH is 1. The van der Waals surface area contributed by atoms with Crippen LogP contribution in [-0.4, -0.2) is 53.9 Å². The van der Waals surface area contributed by atoms with E-state index in [2.05, 4.69) is 54.8 Å². The summed E-state index contributed by atoms with van der Waals surface area (Å²) >= 11 is 0. The van der Waals surface area contributed by atoms with Gasteiger partial charge >= 0.3 is 6.03 Å². The molecule has 1 saturated heterocycles. The van der Waals surface area contributed by atoms with Crippen LogP contribution in [0.3, 0.4) is 0 Å². The molecule has 1 aliphatic heterocycles. The maximum absolute atomic E-state index is 12.7. The predicted octanol–water partition coefficient (Wildman–Crippen LogP) is 3.89. The number of amides is 2. The Bertz CT molecular complexity index is 699. The molecule has 5 nitrogen and oxygen atoms in total. The van der Waals surface area contributed by atoms with Gasteiger partial charge in [-0.2, -0.15) is 0 Å². The number of allylic oxidation sites excluding steroid dienone is 2. The highest BCUT2D eigenvalue weighted by molar-refractivity contribution is 5.77. The fraction of sp³-hybridized carbons (Fsp3) is 0.625. The van der Waals surface area contributed by atoms with Crippen LogP contribution in [0, 0.1) is 0 Å². The molecule has 0 bridgehead atoms. The van der Waals surface area contributed by atoms with Crippen LogP contribution < -0.4 is 10.6 Å². The lowest BCUT2D eigenvalue weighted by Crippen LogP contribution is -2.70. The number of rotatable bonds is 8. The van der Waals surface area contributed by atoms with Gasteiger partial charge in [0.2, 0.25) is 0 Å². The summed E-state index contributed by atoms with van der Waals surface area (Å²) in [7, 11) is 0. The Labute approximate surface area is 175 Å². The molecule has 1 fully saturated rings. The van der Waals surface area contributed by atoms with Crippen molar-refractivity contribution >= 4 is 11.6 Å². The monoisotopic (exact) mass is 399 g/mol. The van der Waals surface area contributed by atoms with Crippen LogP contribution in [0.4, 0.5) is 4.79 Å². The predicted molar refractivity (Wildman–Crippen MR) is 119 cm³/mol. The van der Waals surface area contributed by atoms with Gasteiger partial charge in [-0.1, -0.05) is 51.1 Å². The van der Waals surface area contributed by atoms with Crippen LogP contribution in [0.1, 0.15) is 69.9 Å². The Morgan fingerprint density at radius 3 is 2.55 bits per heavy atom. The van der Waals surface area contributed by atoms with E-state index in [0.717, 1.165) is 19.4 Å². The van der Waals surface area contributed by atoms with Crippen molar-refractivity contribution < 1.29 is 9.90 Å². The smallest absolute Gasteiger partial charge is 0.318 e. The first kappa shape index (κ1) is 21.8. The maximum Gasteiger partial charge on any atom is 0.318 e. The third-order valence-electron chi connectivity index (χ3n) is 6.18. The molecule has 1 aromatic rings. The lowest BCUT2D eigenvalue weighted by Gasteiger charge is -2.55. The number of carbonyl (C=O) groups is 1. The first-order valence-corrected chi connectivity index (χ1v) is 11.3. The maximum atomic E-state index is 12.7. The molecule has 0 unspecified atom stereocenters. The van der Waals surface area contributed by atoms with Crippen molar-refractivity contribution in [3.05, 3.63) is 41.5 Å². The number of likely N-dealkylation sites (tertiary alicyclic amines) is 1. The van der Waals surface area contributed by atoms with E-state index in [0.29, 0.717) is 12.6 Å². The molecule has 1 heterocycles. The molecule has 5 heteroatoms. The van der Waals surface area contributed by atoms with Crippen LogP contribution in [-0.2, 0) is 0 Å². The quantitative estimate of drug-likeness (QED) is 0.621. The molecule has 0 aromatic heterocycles. The van der Waals surface area contributed by atoms with Gasteiger partial charge in [-0.3, -0.25) is 0 Å². The Morgan fingerprint density at radius 1 is 1.21 bits per heavy atom. The molecular weight excluding hydrogens is 362 g/mol. The molecule has 160 valence electrons. The van der Waals surface area contributed by atoms with Crippen molar-refractivity contribution in [1.29, 1.82) is 0 Å². The van der Waals surface area contributed by atoms with E-state index in [-0.39, 0.29) is 30.6 Å². The second-order valence-electron chi connectivity index (χ2n) is 8.64. The molecule has 2 aliphatic rings. The average molecular weight is 400 g/mol. The van der Waals surface area contributed by atoms with E-state index in [1.807, 2.05) is 11.8 Å². The summed E-state index contributed by atoms with van der Waals surface area (Å²) in [6.07, 6.45) is 8.17. The Balaban J connectivity index is 1.79. The minimum absolute atomic E-state index is 0.0186. The lowest BCUT2D eigenvalue weighted by molar-refractivity contribution is -0.00795. The van der Waals surface area contributed by atoms with Crippen molar-refractivity contribution in [2.45, 2.75) is 76.9 Å². The molecule has 1 aliphatic carbocycles. The topological polar surface area (TPSA) is 64.6 Å². The van der Waals surface area contributed by atoms with Crippen molar-refractivity contribution in [2.75, 3.05) is 19.7 Å². The van der Waals surface area contributed by atoms with Gasteiger partial charge in [0, 0.05) is 25.0 Å². The second kappa shape index (κ2) is 10.3. The number of hydrogen-bond acceptors (Lipinski definition) is 3. The van der Waals surface area contributed by atoms with Gasteiger partial charge < -0.3 is 20.6 Å². The Kier molecular flexibility index (Phi) is 7.73. The number of carbonyl (C=O) groups excluding carboxylic acids is 1. The number of urea groups is 1. The van der Waals surface area contributed by atoms with Gasteiger partial charge in [0.25, 0.3) is 0 Å². The summed E-state index contributed by atoms with van der Waals surface area (Å²) in [5.41, 5.74) is 3.97. The van der Waals surface area contributed by atoms with E-state index in [1.54, 1.807) is 0 Å². The largest absolute Gasteiger partial charge is 0.394 e. The SMILES string of the molecule is CCCNC(=O)N1[C@H](CO)[C@H](c2ccc(C3=CCCCC3)cc2)[C@@H]1CNC(C)C. The zero-order valence-corrected chi connectivity index (χ0v) is 18.2. The van der Waals surface area contributed by atoms with Gasteiger partial charge in [-0.25, -0.2) is 4.79 Å². The Hall–Kier alpha value is -1.85. The summed E-state index contributed by atoms with van der Waals surface area (Å²) in [5.74, 6) is 0.146. The average Bonchev–Trinajstić information content (AvgIpc) is 2.72. The van der Waals surface area contributed by atoms with Crippen LogP contribution in [0.5, 0.6) is 0 Å². The van der Waals surface area contributed by atoms with Crippen LogP contribution in [0.2, 0.25) is 0 Å². The third-order valence-corrected chi connectivity index (χ3v) is 6.18. The highest BCUT2D eigenvalue weighted by Crippen LogP contribution is 2.41. The summed E-state index contributed by atoms with van der Waals surface area (Å²) < 4.78 is 0. The van der Waals surface area contributed by atoms with Crippen LogP contribution in [0.15, 0.2) is 30.3 Å². The second-order valence-corrected chi connectivity index (χ2v) is 8.64. The first-order valence-electron chi connectivity index (χ1n) is 11.3. The molecule has 0 radical (unpaired) electrons. The number of aliphatic hydroxyl groups is 1. The van der Waals surface area contributed by atoms with Gasteiger partial charge in [0.1, 0.15) is 0 Å². The van der Waals surface area contributed by atoms with Gasteiger partial charge in [-0.15, -0.1) is 0 Å². The van der Waals surface area contributed by atoms with Gasteiger partial charge in [-0.05, 0) is 48.8 Å². The summed E-state index contributed by atoms with van der Waals surface area (Å²) in [4.78, 5) is 14.6. The molecule has 3 N–H and O–H groups in total. The van der Waals surface area contributed by atoms with Crippen molar-refractivity contribution in [2.24, 2.45) is 0 Å².